The number of alkyl halides is 3. The van der Waals surface area contributed by atoms with E-state index in [0.29, 0.717) is 18.4 Å². The molecular weight excluding hydrogens is 245 g/mol. The average molecular weight is 262 g/mol. The normalized spacial score (nSPS) is 27.2. The molecule has 1 unspecified atom stereocenters. The first-order valence-corrected chi connectivity index (χ1v) is 6.11. The highest BCUT2D eigenvalue weighted by Crippen LogP contribution is 2.42. The zero-order valence-electron chi connectivity index (χ0n) is 10.2. The predicted octanol–water partition coefficient (Wildman–Crippen LogP) is 2.82. The van der Waals surface area contributed by atoms with Gasteiger partial charge in [-0.25, -0.2) is 0 Å². The van der Waals surface area contributed by atoms with Gasteiger partial charge in [0.05, 0.1) is 18.2 Å². The zero-order valence-corrected chi connectivity index (χ0v) is 10.2. The Kier molecular flexibility index (Phi) is 3.66. The van der Waals surface area contributed by atoms with Crippen LogP contribution in [0.15, 0.2) is 12.4 Å². The molecule has 1 aliphatic carbocycles. The van der Waals surface area contributed by atoms with E-state index in [2.05, 4.69) is 5.10 Å². The Hall–Kier alpha value is -1.04. The van der Waals surface area contributed by atoms with Crippen molar-refractivity contribution in [2.45, 2.75) is 38.0 Å². The minimum Gasteiger partial charge on any atom is -0.388 e. The number of hydrogen-bond donors (Lipinski definition) is 1. The number of hydrogen-bond acceptors (Lipinski definition) is 2. The van der Waals surface area contributed by atoms with Crippen LogP contribution in [-0.2, 0) is 7.05 Å². The van der Waals surface area contributed by atoms with Crippen molar-refractivity contribution in [1.82, 2.24) is 9.78 Å². The predicted molar refractivity (Wildman–Crippen MR) is 59.7 cm³/mol. The molecule has 1 fully saturated rings. The summed E-state index contributed by atoms with van der Waals surface area (Å²) in [6, 6.07) is 0. The molecule has 18 heavy (non-hydrogen) atoms. The van der Waals surface area contributed by atoms with E-state index in [0.717, 1.165) is 0 Å². The lowest BCUT2D eigenvalue weighted by Crippen LogP contribution is -2.29. The molecule has 1 aromatic heterocycles. The summed E-state index contributed by atoms with van der Waals surface area (Å²) in [5.41, 5.74) is 0.688. The van der Waals surface area contributed by atoms with E-state index in [-0.39, 0.29) is 18.8 Å². The minimum absolute atomic E-state index is 0.0900. The minimum atomic E-state index is -4.09. The Morgan fingerprint density at radius 2 is 1.94 bits per heavy atom. The second-order valence-electron chi connectivity index (χ2n) is 5.05. The summed E-state index contributed by atoms with van der Waals surface area (Å²) in [7, 11) is 1.75. The fourth-order valence-electron chi connectivity index (χ4n) is 2.63. The molecule has 1 heterocycles. The molecule has 6 heteroatoms. The molecule has 1 aliphatic rings. The maximum Gasteiger partial charge on any atom is 0.391 e. The summed E-state index contributed by atoms with van der Waals surface area (Å²) in [5.74, 6) is -1.29. The fourth-order valence-corrected chi connectivity index (χ4v) is 2.63. The third-order valence-corrected chi connectivity index (χ3v) is 3.75. The van der Waals surface area contributed by atoms with Crippen LogP contribution >= 0.6 is 0 Å². The Bertz CT molecular complexity index is 394. The summed E-state index contributed by atoms with van der Waals surface area (Å²) in [4.78, 5) is 0. The second-order valence-corrected chi connectivity index (χ2v) is 5.05. The summed E-state index contributed by atoms with van der Waals surface area (Å²) < 4.78 is 39.1. The smallest absolute Gasteiger partial charge is 0.388 e. The van der Waals surface area contributed by atoms with Gasteiger partial charge < -0.3 is 5.11 Å². The molecule has 0 saturated heterocycles. The highest BCUT2D eigenvalue weighted by atomic mass is 19.4. The van der Waals surface area contributed by atoms with Gasteiger partial charge in [0.15, 0.2) is 0 Å². The number of aliphatic hydroxyl groups is 1. The first kappa shape index (κ1) is 13.4. The quantitative estimate of drug-likeness (QED) is 0.890. The number of nitrogens with zero attached hydrogens (tertiary/aromatic N) is 2. The SMILES string of the molecule is Cn1cc(C(O)C2CCC(C(F)(F)F)CC2)cn1. The molecule has 1 atom stereocenters. The highest BCUT2D eigenvalue weighted by molar-refractivity contribution is 5.09. The fraction of sp³-hybridized carbons (Fsp3) is 0.750. The van der Waals surface area contributed by atoms with Crippen LogP contribution in [0.25, 0.3) is 0 Å². The zero-order chi connectivity index (χ0) is 13.3. The maximum absolute atomic E-state index is 12.5. The molecule has 0 aromatic carbocycles. The molecule has 0 spiro atoms. The largest absolute Gasteiger partial charge is 0.391 e. The van der Waals surface area contributed by atoms with E-state index in [4.69, 9.17) is 0 Å². The Balaban J connectivity index is 1.94. The average Bonchev–Trinajstić information content (AvgIpc) is 2.74. The third-order valence-electron chi connectivity index (χ3n) is 3.75. The summed E-state index contributed by atoms with van der Waals surface area (Å²) in [6.45, 7) is 0. The maximum atomic E-state index is 12.5. The topological polar surface area (TPSA) is 38.0 Å². The molecule has 1 saturated carbocycles. The monoisotopic (exact) mass is 262 g/mol. The van der Waals surface area contributed by atoms with Gasteiger partial charge in [0.25, 0.3) is 0 Å². The highest BCUT2D eigenvalue weighted by Gasteiger charge is 2.42. The van der Waals surface area contributed by atoms with Gasteiger partial charge in [0.1, 0.15) is 0 Å². The van der Waals surface area contributed by atoms with Crippen LogP contribution in [0.4, 0.5) is 13.2 Å². The van der Waals surface area contributed by atoms with Crippen molar-refractivity contribution in [3.8, 4) is 0 Å². The standard InChI is InChI=1S/C12H17F3N2O/c1-17-7-9(6-16-17)11(18)8-2-4-10(5-3-8)12(13,14)15/h6-8,10-11,18H,2-5H2,1H3. The number of aromatic nitrogens is 2. The van der Waals surface area contributed by atoms with Gasteiger partial charge in [-0.05, 0) is 31.6 Å². The Morgan fingerprint density at radius 1 is 1.33 bits per heavy atom. The van der Waals surface area contributed by atoms with E-state index in [1.807, 2.05) is 0 Å². The van der Waals surface area contributed by atoms with Gasteiger partial charge in [0.2, 0.25) is 0 Å². The van der Waals surface area contributed by atoms with Crippen LogP contribution in [-0.4, -0.2) is 21.1 Å². The van der Waals surface area contributed by atoms with Crippen molar-refractivity contribution in [2.75, 3.05) is 0 Å². The van der Waals surface area contributed by atoms with Gasteiger partial charge in [-0.3, -0.25) is 4.68 Å². The molecule has 0 amide bonds. The molecule has 0 bridgehead atoms. The first-order chi connectivity index (χ1) is 8.38. The van der Waals surface area contributed by atoms with Crippen LogP contribution in [0.5, 0.6) is 0 Å². The Morgan fingerprint density at radius 3 is 2.39 bits per heavy atom. The van der Waals surface area contributed by atoms with Crippen molar-refractivity contribution in [1.29, 1.82) is 0 Å². The van der Waals surface area contributed by atoms with E-state index >= 15 is 0 Å². The van der Waals surface area contributed by atoms with Crippen molar-refractivity contribution >= 4 is 0 Å². The van der Waals surface area contributed by atoms with Gasteiger partial charge in [-0.15, -0.1) is 0 Å². The van der Waals surface area contributed by atoms with Gasteiger partial charge in [0, 0.05) is 18.8 Å². The second kappa shape index (κ2) is 4.91. The number of aryl methyl sites for hydroxylation is 1. The summed E-state index contributed by atoms with van der Waals surface area (Å²) >= 11 is 0. The van der Waals surface area contributed by atoms with Gasteiger partial charge in [-0.1, -0.05) is 0 Å². The number of aliphatic hydroxyl groups excluding tert-OH is 1. The van der Waals surface area contributed by atoms with E-state index in [1.165, 1.54) is 0 Å². The summed E-state index contributed by atoms with van der Waals surface area (Å²) in [5, 5.41) is 14.1. The van der Waals surface area contributed by atoms with Crippen LogP contribution < -0.4 is 0 Å². The lowest BCUT2D eigenvalue weighted by Gasteiger charge is -2.32. The molecule has 3 nitrogen and oxygen atoms in total. The van der Waals surface area contributed by atoms with Crippen LogP contribution in [0.1, 0.15) is 37.4 Å². The van der Waals surface area contributed by atoms with E-state index in [1.54, 1.807) is 24.1 Å². The summed E-state index contributed by atoms with van der Waals surface area (Å²) in [6.07, 6.45) is -0.448. The molecule has 2 rings (SSSR count). The van der Waals surface area contributed by atoms with Gasteiger partial charge >= 0.3 is 6.18 Å². The van der Waals surface area contributed by atoms with E-state index < -0.39 is 18.2 Å². The van der Waals surface area contributed by atoms with Gasteiger partial charge in [-0.2, -0.15) is 18.3 Å². The van der Waals surface area contributed by atoms with E-state index in [9.17, 15) is 18.3 Å². The van der Waals surface area contributed by atoms with Crippen LogP contribution in [0.3, 0.4) is 0 Å². The molecule has 102 valence electrons. The lowest BCUT2D eigenvalue weighted by molar-refractivity contribution is -0.185. The molecule has 0 radical (unpaired) electrons. The molecule has 1 N–H and O–H groups in total. The number of rotatable bonds is 2. The lowest BCUT2D eigenvalue weighted by atomic mass is 9.78. The van der Waals surface area contributed by atoms with Crippen molar-refractivity contribution in [2.24, 2.45) is 18.9 Å². The van der Waals surface area contributed by atoms with Crippen molar-refractivity contribution in [3.63, 3.8) is 0 Å². The molecular formula is C12H17F3N2O. The van der Waals surface area contributed by atoms with Crippen molar-refractivity contribution in [3.05, 3.63) is 18.0 Å². The first-order valence-electron chi connectivity index (χ1n) is 6.11. The number of halogens is 3. The van der Waals surface area contributed by atoms with Crippen LogP contribution in [0, 0.1) is 11.8 Å². The molecule has 1 aromatic rings. The molecule has 0 aliphatic heterocycles. The Labute approximate surface area is 104 Å². The van der Waals surface area contributed by atoms with Crippen LogP contribution in [0.2, 0.25) is 0 Å². The van der Waals surface area contributed by atoms with Crippen molar-refractivity contribution < 1.29 is 18.3 Å². The third kappa shape index (κ3) is 2.85.